The van der Waals surface area contributed by atoms with Gasteiger partial charge < -0.3 is 0 Å². The summed E-state index contributed by atoms with van der Waals surface area (Å²) in [6.07, 6.45) is 13.9. The molecule has 0 aromatic heterocycles. The Kier molecular flexibility index (Phi) is 4.18. The SMILES string of the molecule is CC[N+]1(c2ccccc2)C(=O)C=C[C@@]2(C)[C@H]1CC[C@H]1[C@@H]3CCC[C@@]3(C)CC[C@@H]12. The van der Waals surface area contributed by atoms with Gasteiger partial charge >= 0.3 is 5.91 Å². The van der Waals surface area contributed by atoms with E-state index in [1.807, 2.05) is 6.08 Å². The molecule has 0 bridgehead atoms. The highest BCUT2D eigenvalue weighted by Gasteiger charge is 2.63. The van der Waals surface area contributed by atoms with Crippen LogP contribution in [0.15, 0.2) is 42.5 Å². The maximum Gasteiger partial charge on any atom is 0.343 e. The Morgan fingerprint density at radius 1 is 1.00 bits per heavy atom. The second-order valence-corrected chi connectivity index (χ2v) is 10.6. The van der Waals surface area contributed by atoms with Crippen LogP contribution in [0.1, 0.15) is 65.7 Å². The van der Waals surface area contributed by atoms with E-state index in [1.165, 1.54) is 50.6 Å². The van der Waals surface area contributed by atoms with Crippen molar-refractivity contribution in [3.8, 4) is 0 Å². The Hall–Kier alpha value is -1.41. The van der Waals surface area contributed by atoms with Gasteiger partial charge in [-0.3, -0.25) is 0 Å². The average molecular weight is 379 g/mol. The molecule has 2 nitrogen and oxygen atoms in total. The quantitative estimate of drug-likeness (QED) is 0.567. The van der Waals surface area contributed by atoms with Crippen LogP contribution in [0.5, 0.6) is 0 Å². The zero-order valence-electron chi connectivity index (χ0n) is 17.9. The van der Waals surface area contributed by atoms with Crippen LogP contribution in [0.25, 0.3) is 0 Å². The number of benzene rings is 1. The Bertz CT molecular complexity index is 800. The monoisotopic (exact) mass is 378 g/mol. The number of likely N-dealkylation sites (N-methyl/N-ethyl adjacent to an activating group) is 1. The normalized spacial score (nSPS) is 47.3. The highest BCUT2D eigenvalue weighted by Crippen LogP contribution is 2.64. The van der Waals surface area contributed by atoms with Crippen molar-refractivity contribution in [3.63, 3.8) is 0 Å². The lowest BCUT2D eigenvalue weighted by Gasteiger charge is -2.61. The predicted octanol–water partition coefficient (Wildman–Crippen LogP) is 6.11. The fourth-order valence-electron chi connectivity index (χ4n) is 8.39. The topological polar surface area (TPSA) is 17.1 Å². The summed E-state index contributed by atoms with van der Waals surface area (Å²) in [5.41, 5.74) is 1.91. The van der Waals surface area contributed by atoms with Gasteiger partial charge in [0.05, 0.1) is 6.54 Å². The van der Waals surface area contributed by atoms with E-state index in [2.05, 4.69) is 57.2 Å². The van der Waals surface area contributed by atoms with E-state index in [1.54, 1.807) is 0 Å². The first-order valence-corrected chi connectivity index (χ1v) is 11.6. The van der Waals surface area contributed by atoms with Gasteiger partial charge in [-0.05, 0) is 74.3 Å². The fourth-order valence-corrected chi connectivity index (χ4v) is 8.39. The molecule has 1 aliphatic heterocycles. The van der Waals surface area contributed by atoms with Crippen LogP contribution in [0.2, 0.25) is 0 Å². The van der Waals surface area contributed by atoms with Crippen molar-refractivity contribution in [1.29, 1.82) is 0 Å². The minimum atomic E-state index is 0.132. The molecule has 4 aliphatic rings. The summed E-state index contributed by atoms with van der Waals surface area (Å²) in [7, 11) is 0. The van der Waals surface area contributed by atoms with Gasteiger partial charge in [0.25, 0.3) is 0 Å². The largest absolute Gasteiger partial charge is 0.343 e. The third kappa shape index (κ3) is 2.27. The summed E-state index contributed by atoms with van der Waals surface area (Å²) < 4.78 is 0.527. The smallest absolute Gasteiger partial charge is 0.226 e. The zero-order chi connectivity index (χ0) is 19.6. The molecule has 28 heavy (non-hydrogen) atoms. The minimum absolute atomic E-state index is 0.132. The molecular formula is C26H36NO+. The highest BCUT2D eigenvalue weighted by atomic mass is 16.2. The zero-order valence-corrected chi connectivity index (χ0v) is 17.9. The van der Waals surface area contributed by atoms with Crippen LogP contribution in [-0.4, -0.2) is 18.5 Å². The summed E-state index contributed by atoms with van der Waals surface area (Å²) in [6, 6.07) is 11.0. The number of nitrogens with zero attached hydrogens (tertiary/aromatic N) is 1. The van der Waals surface area contributed by atoms with Crippen molar-refractivity contribution in [1.82, 2.24) is 4.48 Å². The van der Waals surface area contributed by atoms with Gasteiger partial charge in [0, 0.05) is 17.9 Å². The number of fused-ring (bicyclic) bond motifs is 5. The molecule has 0 spiro atoms. The number of hydrogen-bond acceptors (Lipinski definition) is 1. The Labute approximate surface area is 170 Å². The van der Waals surface area contributed by atoms with E-state index in [4.69, 9.17) is 0 Å². The number of rotatable bonds is 2. The summed E-state index contributed by atoms with van der Waals surface area (Å²) in [5.74, 6) is 2.79. The summed E-state index contributed by atoms with van der Waals surface area (Å²) in [5, 5.41) is 0. The van der Waals surface area contributed by atoms with Crippen LogP contribution in [-0.2, 0) is 4.79 Å². The first kappa shape index (κ1) is 18.6. The van der Waals surface area contributed by atoms with Crippen molar-refractivity contribution in [2.75, 3.05) is 6.54 Å². The lowest BCUT2D eigenvalue weighted by Crippen LogP contribution is -2.70. The first-order chi connectivity index (χ1) is 13.5. The van der Waals surface area contributed by atoms with Gasteiger partial charge in [-0.1, -0.05) is 44.5 Å². The summed E-state index contributed by atoms with van der Waals surface area (Å²) >= 11 is 0. The van der Waals surface area contributed by atoms with Crippen LogP contribution in [0.3, 0.4) is 0 Å². The molecule has 0 radical (unpaired) electrons. The molecule has 3 saturated carbocycles. The van der Waals surface area contributed by atoms with E-state index in [9.17, 15) is 4.79 Å². The number of amides is 1. The maximum absolute atomic E-state index is 13.4. The van der Waals surface area contributed by atoms with Gasteiger partial charge in [-0.25, -0.2) is 9.28 Å². The van der Waals surface area contributed by atoms with Crippen molar-refractivity contribution in [3.05, 3.63) is 42.5 Å². The van der Waals surface area contributed by atoms with E-state index in [-0.39, 0.29) is 11.3 Å². The van der Waals surface area contributed by atoms with E-state index in [0.29, 0.717) is 15.9 Å². The van der Waals surface area contributed by atoms with Gasteiger partial charge in [-0.15, -0.1) is 0 Å². The van der Waals surface area contributed by atoms with Crippen LogP contribution in [0.4, 0.5) is 5.69 Å². The van der Waals surface area contributed by atoms with E-state index < -0.39 is 0 Å². The Morgan fingerprint density at radius 2 is 1.79 bits per heavy atom. The molecule has 1 heterocycles. The van der Waals surface area contributed by atoms with E-state index >= 15 is 0 Å². The fraction of sp³-hybridized carbons (Fsp3) is 0.654. The van der Waals surface area contributed by atoms with Gasteiger partial charge in [0.1, 0.15) is 11.7 Å². The second-order valence-electron chi connectivity index (χ2n) is 10.6. The number of carbonyl (C=O) groups is 1. The van der Waals surface area contributed by atoms with Gasteiger partial charge in [0.15, 0.2) is 0 Å². The van der Waals surface area contributed by atoms with Crippen LogP contribution >= 0.6 is 0 Å². The van der Waals surface area contributed by atoms with Crippen LogP contribution in [0, 0.1) is 28.6 Å². The molecule has 1 unspecified atom stereocenters. The number of hydrogen-bond donors (Lipinski definition) is 0. The molecule has 2 heteroatoms. The number of carbonyl (C=O) groups excluding carboxylic acids is 1. The Morgan fingerprint density at radius 3 is 2.54 bits per heavy atom. The molecular weight excluding hydrogens is 342 g/mol. The van der Waals surface area contributed by atoms with Crippen molar-refractivity contribution in [2.24, 2.45) is 28.6 Å². The highest BCUT2D eigenvalue weighted by molar-refractivity contribution is 5.99. The standard InChI is InChI=1S/C26H36NO/c1-4-27(19-9-6-5-7-10-19)23-13-12-20-21-11-8-16-25(21,2)17-14-22(20)26(23,3)18-15-24(27)28/h5-7,9-10,15,18,20-23H,4,8,11-14,16-17H2,1-3H3/q+1/t20-,21-,22-,23+,25-,26+,27?/m0/s1. The number of quaternary nitrogens is 1. The minimum Gasteiger partial charge on any atom is -0.226 e. The van der Waals surface area contributed by atoms with Crippen molar-refractivity contribution >= 4 is 11.6 Å². The maximum atomic E-state index is 13.4. The predicted molar refractivity (Wildman–Crippen MR) is 116 cm³/mol. The first-order valence-electron chi connectivity index (χ1n) is 11.6. The van der Waals surface area contributed by atoms with E-state index in [0.717, 1.165) is 24.3 Å². The molecule has 1 aromatic carbocycles. The van der Waals surface area contributed by atoms with Crippen molar-refractivity contribution < 1.29 is 4.79 Å². The molecule has 1 aromatic rings. The molecule has 0 saturated heterocycles. The summed E-state index contributed by atoms with van der Waals surface area (Å²) in [6.45, 7) is 8.14. The molecule has 3 aliphatic carbocycles. The third-order valence-electron chi connectivity index (χ3n) is 9.73. The molecule has 150 valence electrons. The van der Waals surface area contributed by atoms with Crippen LogP contribution < -0.4 is 4.48 Å². The average Bonchev–Trinajstić information content (AvgIpc) is 3.11. The van der Waals surface area contributed by atoms with Gasteiger partial charge in [-0.2, -0.15) is 0 Å². The van der Waals surface area contributed by atoms with Gasteiger partial charge in [0.2, 0.25) is 0 Å². The number of para-hydroxylation sites is 1. The molecule has 3 fully saturated rings. The molecule has 1 amide bonds. The molecule has 5 rings (SSSR count). The molecule has 7 atom stereocenters. The summed E-state index contributed by atoms with van der Waals surface area (Å²) in [4.78, 5) is 13.4. The van der Waals surface area contributed by atoms with Crippen molar-refractivity contribution in [2.45, 2.75) is 71.8 Å². The second kappa shape index (κ2) is 6.29. The Balaban J connectivity index is 1.59. The lowest BCUT2D eigenvalue weighted by atomic mass is 9.48. The third-order valence-corrected chi connectivity index (χ3v) is 9.73. The lowest BCUT2D eigenvalue weighted by molar-refractivity contribution is -0.138. The molecule has 0 N–H and O–H groups in total.